The Bertz CT molecular complexity index is 289. The summed E-state index contributed by atoms with van der Waals surface area (Å²) in [6, 6.07) is 0. The zero-order valence-electron chi connectivity index (χ0n) is 11.2. The van der Waals surface area contributed by atoms with E-state index in [1.54, 1.807) is 18.2 Å². The predicted octanol–water partition coefficient (Wildman–Crippen LogP) is 2.13. The lowest BCUT2D eigenvalue weighted by molar-refractivity contribution is -0.117. The maximum Gasteiger partial charge on any atom is 0.251 e. The van der Waals surface area contributed by atoms with Gasteiger partial charge in [0.2, 0.25) is 0 Å². The van der Waals surface area contributed by atoms with Crippen LogP contribution in [0.15, 0.2) is 36.5 Å². The highest BCUT2D eigenvalue weighted by atomic mass is 16.1. The maximum absolute atomic E-state index is 11.8. The first-order chi connectivity index (χ1) is 8.19. The van der Waals surface area contributed by atoms with Crippen molar-refractivity contribution < 1.29 is 4.79 Å². The largest absolute Gasteiger partial charge is 0.351 e. The lowest BCUT2D eigenvalue weighted by Gasteiger charge is -2.18. The lowest BCUT2D eigenvalue weighted by atomic mass is 10.2. The molecule has 0 spiro atoms. The molecular formula is C14H24N2O. The number of hydrogen-bond acceptors (Lipinski definition) is 2. The van der Waals surface area contributed by atoms with Crippen LogP contribution in [0.25, 0.3) is 0 Å². The van der Waals surface area contributed by atoms with Crippen molar-refractivity contribution in [2.45, 2.75) is 20.8 Å². The van der Waals surface area contributed by atoms with E-state index in [2.05, 4.69) is 30.6 Å². The van der Waals surface area contributed by atoms with E-state index in [0.717, 1.165) is 19.6 Å². The number of carbonyl (C=O) groups is 1. The van der Waals surface area contributed by atoms with Gasteiger partial charge < -0.3 is 10.2 Å². The van der Waals surface area contributed by atoms with Gasteiger partial charge in [-0.15, -0.1) is 0 Å². The van der Waals surface area contributed by atoms with Gasteiger partial charge in [0.25, 0.3) is 5.91 Å². The van der Waals surface area contributed by atoms with Crippen LogP contribution in [0.1, 0.15) is 20.8 Å². The molecule has 17 heavy (non-hydrogen) atoms. The fourth-order valence-electron chi connectivity index (χ4n) is 1.48. The number of likely N-dealkylation sites (N-methyl/N-ethyl adjacent to an activating group) is 1. The van der Waals surface area contributed by atoms with Crippen LogP contribution in [0.2, 0.25) is 0 Å². The van der Waals surface area contributed by atoms with Crippen molar-refractivity contribution in [2.75, 3.05) is 26.2 Å². The van der Waals surface area contributed by atoms with Gasteiger partial charge in [-0.3, -0.25) is 4.79 Å². The maximum atomic E-state index is 11.8. The molecule has 0 fully saturated rings. The van der Waals surface area contributed by atoms with Crippen LogP contribution in [-0.4, -0.2) is 37.0 Å². The second-order valence-electron chi connectivity index (χ2n) is 3.64. The molecule has 0 unspecified atom stereocenters. The Labute approximate surface area is 105 Å². The van der Waals surface area contributed by atoms with Gasteiger partial charge in [0, 0.05) is 18.7 Å². The molecule has 3 heteroatoms. The molecule has 0 rings (SSSR count). The number of nitrogens with one attached hydrogen (secondary N) is 1. The Kier molecular flexibility index (Phi) is 9.06. The second-order valence-corrected chi connectivity index (χ2v) is 3.64. The van der Waals surface area contributed by atoms with Crippen LogP contribution in [-0.2, 0) is 4.79 Å². The van der Waals surface area contributed by atoms with E-state index in [1.165, 1.54) is 0 Å². The van der Waals surface area contributed by atoms with Crippen LogP contribution in [0.4, 0.5) is 0 Å². The van der Waals surface area contributed by atoms with Gasteiger partial charge in [0.1, 0.15) is 0 Å². The van der Waals surface area contributed by atoms with Crippen molar-refractivity contribution in [1.82, 2.24) is 10.2 Å². The van der Waals surface area contributed by atoms with Crippen molar-refractivity contribution in [3.05, 3.63) is 36.5 Å². The van der Waals surface area contributed by atoms with Crippen molar-refractivity contribution in [1.29, 1.82) is 0 Å². The molecule has 1 N–H and O–H groups in total. The first-order valence-electron chi connectivity index (χ1n) is 6.15. The van der Waals surface area contributed by atoms with Gasteiger partial charge in [-0.1, -0.05) is 44.7 Å². The summed E-state index contributed by atoms with van der Waals surface area (Å²) in [6.07, 6.45) is 6.97. The van der Waals surface area contributed by atoms with Gasteiger partial charge in [0.05, 0.1) is 0 Å². The summed E-state index contributed by atoms with van der Waals surface area (Å²) in [6.45, 7) is 13.3. The number of allylic oxidation sites excluding steroid dienone is 3. The van der Waals surface area contributed by atoms with E-state index >= 15 is 0 Å². The van der Waals surface area contributed by atoms with E-state index < -0.39 is 0 Å². The Morgan fingerprint density at radius 3 is 2.47 bits per heavy atom. The molecule has 0 aromatic rings. The number of nitrogens with zero attached hydrogens (tertiary/aromatic N) is 1. The molecule has 0 saturated heterocycles. The summed E-state index contributed by atoms with van der Waals surface area (Å²) in [7, 11) is 0. The van der Waals surface area contributed by atoms with Crippen molar-refractivity contribution >= 4 is 5.91 Å². The van der Waals surface area contributed by atoms with E-state index in [9.17, 15) is 4.79 Å². The summed E-state index contributed by atoms with van der Waals surface area (Å²) in [5.74, 6) is -0.0462. The molecule has 0 radical (unpaired) electrons. The van der Waals surface area contributed by atoms with Gasteiger partial charge >= 0.3 is 0 Å². The quantitative estimate of drug-likeness (QED) is 0.517. The molecule has 0 aliphatic rings. The second kappa shape index (κ2) is 9.85. The molecule has 0 heterocycles. The van der Waals surface area contributed by atoms with Crippen LogP contribution >= 0.6 is 0 Å². The molecule has 1 amide bonds. The molecule has 0 aromatic carbocycles. The van der Waals surface area contributed by atoms with Crippen LogP contribution in [0.3, 0.4) is 0 Å². The van der Waals surface area contributed by atoms with Gasteiger partial charge in [-0.2, -0.15) is 0 Å². The minimum absolute atomic E-state index is 0.0462. The SMILES string of the molecule is C=C/C=C(\C=C/C)C(=O)NCCN(CC)CC. The van der Waals surface area contributed by atoms with Crippen molar-refractivity contribution in [3.8, 4) is 0 Å². The molecular weight excluding hydrogens is 212 g/mol. The third-order valence-corrected chi connectivity index (χ3v) is 2.51. The third-order valence-electron chi connectivity index (χ3n) is 2.51. The van der Waals surface area contributed by atoms with Crippen molar-refractivity contribution in [2.24, 2.45) is 0 Å². The predicted molar refractivity (Wildman–Crippen MR) is 73.9 cm³/mol. The fraction of sp³-hybridized carbons (Fsp3) is 0.500. The average Bonchev–Trinajstić information content (AvgIpc) is 2.34. The summed E-state index contributed by atoms with van der Waals surface area (Å²) < 4.78 is 0. The summed E-state index contributed by atoms with van der Waals surface area (Å²) >= 11 is 0. The highest BCUT2D eigenvalue weighted by molar-refractivity contribution is 5.96. The number of hydrogen-bond donors (Lipinski definition) is 1. The number of rotatable bonds is 8. The minimum Gasteiger partial charge on any atom is -0.351 e. The van der Waals surface area contributed by atoms with Crippen molar-refractivity contribution in [3.63, 3.8) is 0 Å². The molecule has 3 nitrogen and oxygen atoms in total. The van der Waals surface area contributed by atoms with Gasteiger partial charge in [-0.05, 0) is 20.0 Å². The van der Waals surface area contributed by atoms with Gasteiger partial charge in [-0.25, -0.2) is 0 Å². The number of amides is 1. The minimum atomic E-state index is -0.0462. The first-order valence-corrected chi connectivity index (χ1v) is 6.15. The average molecular weight is 236 g/mol. The zero-order valence-corrected chi connectivity index (χ0v) is 11.2. The molecule has 0 aliphatic heterocycles. The molecule has 0 aliphatic carbocycles. The molecule has 0 saturated carbocycles. The highest BCUT2D eigenvalue weighted by Gasteiger charge is 2.05. The topological polar surface area (TPSA) is 32.3 Å². The first kappa shape index (κ1) is 15.7. The zero-order chi connectivity index (χ0) is 13.1. The molecule has 96 valence electrons. The molecule has 0 atom stereocenters. The molecule has 0 bridgehead atoms. The molecule has 0 aromatic heterocycles. The van der Waals surface area contributed by atoms with Crippen LogP contribution < -0.4 is 5.32 Å². The smallest absolute Gasteiger partial charge is 0.251 e. The highest BCUT2D eigenvalue weighted by Crippen LogP contribution is 1.97. The van der Waals surface area contributed by atoms with Crippen LogP contribution in [0, 0.1) is 0 Å². The normalized spacial score (nSPS) is 12.1. The summed E-state index contributed by atoms with van der Waals surface area (Å²) in [5, 5.41) is 2.90. The Balaban J connectivity index is 4.15. The van der Waals surface area contributed by atoms with Gasteiger partial charge in [0.15, 0.2) is 0 Å². The van der Waals surface area contributed by atoms with E-state index in [-0.39, 0.29) is 5.91 Å². The van der Waals surface area contributed by atoms with Crippen LogP contribution in [0.5, 0.6) is 0 Å². The Morgan fingerprint density at radius 1 is 1.35 bits per heavy atom. The van der Waals surface area contributed by atoms with E-state index in [4.69, 9.17) is 0 Å². The lowest BCUT2D eigenvalue weighted by Crippen LogP contribution is -2.35. The third kappa shape index (κ3) is 6.74. The monoisotopic (exact) mass is 236 g/mol. The van der Waals surface area contributed by atoms with E-state index in [0.29, 0.717) is 12.1 Å². The summed E-state index contributed by atoms with van der Waals surface area (Å²) in [5.41, 5.74) is 0.641. The Morgan fingerprint density at radius 2 is 2.00 bits per heavy atom. The van der Waals surface area contributed by atoms with E-state index in [1.807, 2.05) is 13.0 Å². The fourth-order valence-corrected chi connectivity index (χ4v) is 1.48. The number of carbonyl (C=O) groups excluding carboxylic acids is 1. The summed E-state index contributed by atoms with van der Waals surface area (Å²) in [4.78, 5) is 14.1. The standard InChI is InChI=1S/C14H24N2O/c1-5-9-13(10-6-2)14(17)15-11-12-16(7-3)8-4/h5-6,9-10H,1,7-8,11-12H2,2-4H3,(H,15,17)/b10-6-,13-9+. The Hall–Kier alpha value is -1.35.